The van der Waals surface area contributed by atoms with Crippen LogP contribution in [0.4, 0.5) is 0 Å². The van der Waals surface area contributed by atoms with Crippen molar-refractivity contribution >= 4 is 7.28 Å². The first-order valence-corrected chi connectivity index (χ1v) is 5.68. The molecule has 0 amide bonds. The fourth-order valence-electron chi connectivity index (χ4n) is 3.58. The maximum absolute atomic E-state index is 2.52. The Morgan fingerprint density at radius 1 is 1.25 bits per heavy atom. The van der Waals surface area contributed by atoms with Crippen LogP contribution in [0.5, 0.6) is 0 Å². The first-order valence-electron chi connectivity index (χ1n) is 5.68. The van der Waals surface area contributed by atoms with Gasteiger partial charge in [-0.15, -0.1) is 0 Å². The highest BCUT2D eigenvalue weighted by atomic mass is 14.3. The molecule has 0 spiro atoms. The molecule has 2 rings (SSSR count). The minimum atomic E-state index is 0.741. The SMILES string of the molecule is CC1CCCC2BC(C)(CC2)C1. The molecule has 2 aliphatic heterocycles. The van der Waals surface area contributed by atoms with Crippen molar-refractivity contribution in [1.82, 2.24) is 0 Å². The van der Waals surface area contributed by atoms with Crippen molar-refractivity contribution in [3.8, 4) is 0 Å². The molecule has 0 radical (unpaired) electrons. The van der Waals surface area contributed by atoms with Gasteiger partial charge in [0.25, 0.3) is 0 Å². The van der Waals surface area contributed by atoms with Crippen LogP contribution < -0.4 is 0 Å². The van der Waals surface area contributed by atoms with Crippen LogP contribution in [-0.2, 0) is 0 Å². The Kier molecular flexibility index (Phi) is 2.22. The Labute approximate surface area is 77.4 Å². The standard InChI is InChI=1S/C11H21B/c1-9-4-3-5-10-6-7-11(2,8-9)12-10/h9-10,12H,3-8H2,1-2H3. The van der Waals surface area contributed by atoms with E-state index in [1.54, 1.807) is 0 Å². The van der Waals surface area contributed by atoms with Gasteiger partial charge in [-0.3, -0.25) is 0 Å². The van der Waals surface area contributed by atoms with Crippen molar-refractivity contribution in [1.29, 1.82) is 0 Å². The maximum Gasteiger partial charge on any atom is 0.131 e. The largest absolute Gasteiger partial charge is 0.131 e. The molecule has 2 heterocycles. The van der Waals surface area contributed by atoms with E-state index in [-0.39, 0.29) is 0 Å². The molecule has 3 atom stereocenters. The molecule has 0 aromatic rings. The lowest BCUT2D eigenvalue weighted by Crippen LogP contribution is -2.18. The summed E-state index contributed by atoms with van der Waals surface area (Å²) in [6.45, 7) is 4.97. The monoisotopic (exact) mass is 164 g/mol. The first-order chi connectivity index (χ1) is 5.68. The molecule has 12 heavy (non-hydrogen) atoms. The van der Waals surface area contributed by atoms with Crippen LogP contribution in [0, 0.1) is 5.92 Å². The van der Waals surface area contributed by atoms with Gasteiger partial charge in [0.15, 0.2) is 0 Å². The summed E-state index contributed by atoms with van der Waals surface area (Å²) in [6, 6.07) is 0. The molecule has 68 valence electrons. The van der Waals surface area contributed by atoms with Crippen LogP contribution in [0.15, 0.2) is 0 Å². The number of fused-ring (bicyclic) bond motifs is 2. The highest BCUT2D eigenvalue weighted by Gasteiger charge is 2.38. The molecule has 2 fully saturated rings. The highest BCUT2D eigenvalue weighted by Crippen LogP contribution is 2.51. The van der Waals surface area contributed by atoms with Gasteiger partial charge in [-0.2, -0.15) is 0 Å². The van der Waals surface area contributed by atoms with Gasteiger partial charge in [0.1, 0.15) is 7.28 Å². The predicted octanol–water partition coefficient (Wildman–Crippen LogP) is 3.39. The molecule has 2 bridgehead atoms. The summed E-state index contributed by atoms with van der Waals surface area (Å²) in [5.41, 5.74) is 0. The molecule has 0 nitrogen and oxygen atoms in total. The van der Waals surface area contributed by atoms with Crippen molar-refractivity contribution in [3.05, 3.63) is 0 Å². The summed E-state index contributed by atoms with van der Waals surface area (Å²) in [5.74, 6) is 2.09. The minimum absolute atomic E-state index is 0.741. The third kappa shape index (κ3) is 1.70. The van der Waals surface area contributed by atoms with Gasteiger partial charge in [0.05, 0.1) is 0 Å². The molecule has 2 saturated heterocycles. The summed E-state index contributed by atoms with van der Waals surface area (Å²) in [6.07, 6.45) is 9.07. The third-order valence-electron chi connectivity index (χ3n) is 4.09. The molecule has 0 saturated carbocycles. The van der Waals surface area contributed by atoms with Gasteiger partial charge in [0, 0.05) is 0 Å². The molecule has 2 aliphatic rings. The van der Waals surface area contributed by atoms with Gasteiger partial charge >= 0.3 is 0 Å². The molecule has 0 N–H and O–H groups in total. The third-order valence-corrected chi connectivity index (χ3v) is 4.09. The van der Waals surface area contributed by atoms with E-state index in [0.717, 1.165) is 17.0 Å². The average molecular weight is 164 g/mol. The van der Waals surface area contributed by atoms with Crippen molar-refractivity contribution in [2.24, 2.45) is 5.92 Å². The lowest BCUT2D eigenvalue weighted by Gasteiger charge is -2.29. The fourth-order valence-corrected chi connectivity index (χ4v) is 3.58. The molecule has 0 aromatic carbocycles. The van der Waals surface area contributed by atoms with Gasteiger partial charge in [-0.05, 0) is 5.92 Å². The summed E-state index contributed by atoms with van der Waals surface area (Å²) in [7, 11) is 1.54. The topological polar surface area (TPSA) is 0 Å². The lowest BCUT2D eigenvalue weighted by atomic mass is 9.47. The Morgan fingerprint density at radius 2 is 2.08 bits per heavy atom. The van der Waals surface area contributed by atoms with Gasteiger partial charge in [0.2, 0.25) is 0 Å². The number of rotatable bonds is 0. The first kappa shape index (κ1) is 8.65. The van der Waals surface area contributed by atoms with E-state index < -0.39 is 0 Å². The van der Waals surface area contributed by atoms with E-state index >= 15 is 0 Å². The molecular formula is C11H21B. The van der Waals surface area contributed by atoms with E-state index in [0.29, 0.717) is 0 Å². The molecule has 0 aromatic heterocycles. The van der Waals surface area contributed by atoms with E-state index in [1.807, 2.05) is 0 Å². The predicted molar refractivity (Wildman–Crippen MR) is 56.1 cm³/mol. The van der Waals surface area contributed by atoms with Gasteiger partial charge in [-0.1, -0.05) is 63.5 Å². The van der Waals surface area contributed by atoms with Gasteiger partial charge in [-0.25, -0.2) is 0 Å². The van der Waals surface area contributed by atoms with E-state index in [9.17, 15) is 0 Å². The van der Waals surface area contributed by atoms with Crippen LogP contribution in [-0.4, -0.2) is 7.28 Å². The Balaban J connectivity index is 2.05. The molecule has 1 heteroatoms. The summed E-state index contributed by atoms with van der Waals surface area (Å²) in [5, 5.41) is 0.741. The van der Waals surface area contributed by atoms with Crippen molar-refractivity contribution < 1.29 is 0 Å². The Morgan fingerprint density at radius 3 is 2.92 bits per heavy atom. The second-order valence-electron chi connectivity index (χ2n) is 5.66. The van der Waals surface area contributed by atoms with Gasteiger partial charge < -0.3 is 0 Å². The molecule has 3 unspecified atom stereocenters. The summed E-state index contributed by atoms with van der Waals surface area (Å²) >= 11 is 0. The van der Waals surface area contributed by atoms with Crippen LogP contribution in [0.3, 0.4) is 0 Å². The lowest BCUT2D eigenvalue weighted by molar-refractivity contribution is 0.396. The average Bonchev–Trinajstić information content (AvgIpc) is 2.30. The number of hydrogen-bond donors (Lipinski definition) is 0. The maximum atomic E-state index is 2.52. The summed E-state index contributed by atoms with van der Waals surface area (Å²) in [4.78, 5) is 0. The smallest absolute Gasteiger partial charge is 0.0665 e. The van der Waals surface area contributed by atoms with Crippen LogP contribution in [0.25, 0.3) is 0 Å². The van der Waals surface area contributed by atoms with Crippen LogP contribution in [0.2, 0.25) is 11.1 Å². The Hall–Kier alpha value is 0.0649. The van der Waals surface area contributed by atoms with Crippen molar-refractivity contribution in [3.63, 3.8) is 0 Å². The molecule has 0 aliphatic carbocycles. The van der Waals surface area contributed by atoms with E-state index in [1.165, 1.54) is 45.8 Å². The van der Waals surface area contributed by atoms with Crippen molar-refractivity contribution in [2.45, 2.75) is 63.5 Å². The normalized spacial score (nSPS) is 47.8. The second kappa shape index (κ2) is 3.08. The molecular weight excluding hydrogens is 143 g/mol. The highest BCUT2D eigenvalue weighted by molar-refractivity contribution is 6.43. The van der Waals surface area contributed by atoms with E-state index in [2.05, 4.69) is 13.8 Å². The zero-order chi connectivity index (χ0) is 8.60. The zero-order valence-electron chi connectivity index (χ0n) is 8.60. The fraction of sp³-hybridized carbons (Fsp3) is 1.00. The minimum Gasteiger partial charge on any atom is -0.0665 e. The van der Waals surface area contributed by atoms with E-state index in [4.69, 9.17) is 0 Å². The Bertz CT molecular complexity index is 166. The van der Waals surface area contributed by atoms with Crippen LogP contribution in [0.1, 0.15) is 52.4 Å². The number of hydrogen-bond acceptors (Lipinski definition) is 0. The second-order valence-corrected chi connectivity index (χ2v) is 5.66. The summed E-state index contributed by atoms with van der Waals surface area (Å²) < 4.78 is 0. The zero-order valence-corrected chi connectivity index (χ0v) is 8.60. The quantitative estimate of drug-likeness (QED) is 0.481. The van der Waals surface area contributed by atoms with Crippen LogP contribution >= 0.6 is 0 Å². The van der Waals surface area contributed by atoms with Crippen molar-refractivity contribution in [2.75, 3.05) is 0 Å².